The zero-order valence-electron chi connectivity index (χ0n) is 15.1. The summed E-state index contributed by atoms with van der Waals surface area (Å²) in [4.78, 5) is 6.86. The summed E-state index contributed by atoms with van der Waals surface area (Å²) in [6.07, 6.45) is 4.11. The molecule has 2 aromatic rings. The number of nitrogens with zero attached hydrogens (tertiary/aromatic N) is 2. The number of anilines is 1. The summed E-state index contributed by atoms with van der Waals surface area (Å²) < 4.78 is 11.3. The number of hydrogen-bond acceptors (Lipinski definition) is 5. The number of nitrogens with one attached hydrogen (secondary N) is 1. The number of methoxy groups -OCH3 is 1. The van der Waals surface area contributed by atoms with Crippen LogP contribution in [0.5, 0.6) is 11.5 Å². The maximum atomic E-state index is 5.81. The van der Waals surface area contributed by atoms with E-state index in [0.717, 1.165) is 56.4 Å². The molecule has 5 nitrogen and oxygen atoms in total. The molecule has 2 atom stereocenters. The Hall–Kier alpha value is -1.98. The third kappa shape index (κ3) is 3.89. The molecule has 4 rings (SSSR count). The van der Waals surface area contributed by atoms with E-state index < -0.39 is 0 Å². The van der Waals surface area contributed by atoms with Gasteiger partial charge in [0.05, 0.1) is 13.7 Å². The molecule has 0 radical (unpaired) electrons. The molecule has 1 saturated heterocycles. The van der Waals surface area contributed by atoms with Crippen LogP contribution in [0, 0.1) is 0 Å². The van der Waals surface area contributed by atoms with Gasteiger partial charge >= 0.3 is 0 Å². The van der Waals surface area contributed by atoms with E-state index in [9.17, 15) is 0 Å². The molecule has 0 aliphatic carbocycles. The van der Waals surface area contributed by atoms with Crippen LogP contribution in [0.2, 0.25) is 0 Å². The number of ether oxygens (including phenoxy) is 2. The number of piperazine rings is 1. The topological polar surface area (TPSA) is 46.6 Å². The van der Waals surface area contributed by atoms with E-state index in [2.05, 4.69) is 33.4 Å². The van der Waals surface area contributed by atoms with Crippen molar-refractivity contribution >= 4 is 18.2 Å². The fourth-order valence-corrected chi connectivity index (χ4v) is 3.86. The van der Waals surface area contributed by atoms with Gasteiger partial charge < -0.3 is 19.7 Å². The van der Waals surface area contributed by atoms with E-state index in [1.54, 1.807) is 7.11 Å². The van der Waals surface area contributed by atoms with E-state index in [1.165, 1.54) is 5.56 Å². The molecule has 1 aromatic carbocycles. The van der Waals surface area contributed by atoms with Gasteiger partial charge in [0.15, 0.2) is 11.6 Å². The van der Waals surface area contributed by atoms with Gasteiger partial charge in [-0.15, -0.1) is 12.4 Å². The summed E-state index contributed by atoms with van der Waals surface area (Å²) in [6, 6.07) is 12.8. The van der Waals surface area contributed by atoms with E-state index in [0.29, 0.717) is 12.0 Å². The lowest BCUT2D eigenvalue weighted by molar-refractivity contribution is 0.314. The van der Waals surface area contributed by atoms with Gasteiger partial charge in [0, 0.05) is 43.4 Å². The Balaban J connectivity index is 0.00000196. The monoisotopic (exact) mass is 375 g/mol. The lowest BCUT2D eigenvalue weighted by Crippen LogP contribution is -2.51. The van der Waals surface area contributed by atoms with Crippen molar-refractivity contribution in [2.45, 2.75) is 24.8 Å². The molecule has 1 N–H and O–H groups in total. The smallest absolute Gasteiger partial charge is 0.171 e. The highest BCUT2D eigenvalue weighted by molar-refractivity contribution is 5.85. The minimum absolute atomic E-state index is 0. The number of aromatic nitrogens is 1. The normalized spacial score (nSPS) is 21.5. The molecule has 0 saturated carbocycles. The summed E-state index contributed by atoms with van der Waals surface area (Å²) in [7, 11) is 1.71. The van der Waals surface area contributed by atoms with Gasteiger partial charge in [-0.2, -0.15) is 0 Å². The summed E-state index contributed by atoms with van der Waals surface area (Å²) in [5, 5.41) is 3.65. The SMILES string of the molecule is COc1cccnc1N1CCNC(CCC2COc3ccccc32)C1.Cl. The van der Waals surface area contributed by atoms with Gasteiger partial charge in [0.25, 0.3) is 0 Å². The summed E-state index contributed by atoms with van der Waals surface area (Å²) in [5.41, 5.74) is 1.36. The summed E-state index contributed by atoms with van der Waals surface area (Å²) in [5.74, 6) is 3.37. The molecule has 1 fully saturated rings. The standard InChI is InChI=1S/C20H25N3O2.ClH/c1-24-19-7-4-10-22-20(19)23-12-11-21-16(13-23)9-8-15-14-25-18-6-3-2-5-17(15)18;/h2-7,10,15-16,21H,8-9,11-14H2,1H3;1H. The number of pyridine rings is 1. The highest BCUT2D eigenvalue weighted by atomic mass is 35.5. The van der Waals surface area contributed by atoms with Gasteiger partial charge in [0.1, 0.15) is 5.75 Å². The van der Waals surface area contributed by atoms with E-state index in [1.807, 2.05) is 24.4 Å². The predicted molar refractivity (Wildman–Crippen MR) is 106 cm³/mol. The van der Waals surface area contributed by atoms with Crippen molar-refractivity contribution in [2.24, 2.45) is 0 Å². The maximum Gasteiger partial charge on any atom is 0.171 e. The van der Waals surface area contributed by atoms with Crippen LogP contribution < -0.4 is 19.7 Å². The Kier molecular flexibility index (Phi) is 6.22. The second-order valence-corrected chi connectivity index (χ2v) is 6.75. The zero-order chi connectivity index (χ0) is 17.1. The third-order valence-electron chi connectivity index (χ3n) is 5.19. The fraction of sp³-hybridized carbons (Fsp3) is 0.450. The lowest BCUT2D eigenvalue weighted by Gasteiger charge is -2.35. The van der Waals surface area contributed by atoms with Crippen molar-refractivity contribution < 1.29 is 9.47 Å². The molecule has 26 heavy (non-hydrogen) atoms. The summed E-state index contributed by atoms with van der Waals surface area (Å²) in [6.45, 7) is 3.70. The van der Waals surface area contributed by atoms with E-state index >= 15 is 0 Å². The van der Waals surface area contributed by atoms with E-state index in [-0.39, 0.29) is 12.4 Å². The first kappa shape index (κ1) is 18.8. The molecule has 6 heteroatoms. The second-order valence-electron chi connectivity index (χ2n) is 6.75. The largest absolute Gasteiger partial charge is 0.493 e. The number of benzene rings is 1. The third-order valence-corrected chi connectivity index (χ3v) is 5.19. The van der Waals surface area contributed by atoms with Gasteiger partial charge in [-0.05, 0) is 31.0 Å². The van der Waals surface area contributed by atoms with Gasteiger partial charge in [-0.3, -0.25) is 0 Å². The maximum absolute atomic E-state index is 5.81. The van der Waals surface area contributed by atoms with Crippen molar-refractivity contribution in [2.75, 3.05) is 38.3 Å². The quantitative estimate of drug-likeness (QED) is 0.869. The molecule has 3 heterocycles. The molecule has 140 valence electrons. The van der Waals surface area contributed by atoms with Crippen molar-refractivity contribution in [3.05, 3.63) is 48.2 Å². The number of hydrogen-bond donors (Lipinski definition) is 1. The van der Waals surface area contributed by atoms with Crippen molar-refractivity contribution in [1.29, 1.82) is 0 Å². The van der Waals surface area contributed by atoms with Crippen molar-refractivity contribution in [3.8, 4) is 11.5 Å². The molecule has 0 bridgehead atoms. The predicted octanol–water partition coefficient (Wildman–Crippen LogP) is 3.25. The first-order valence-electron chi connectivity index (χ1n) is 9.04. The van der Waals surface area contributed by atoms with Crippen LogP contribution in [-0.2, 0) is 0 Å². The highest BCUT2D eigenvalue weighted by Crippen LogP contribution is 2.36. The molecule has 2 unspecified atom stereocenters. The van der Waals surface area contributed by atoms with Crippen LogP contribution in [0.15, 0.2) is 42.6 Å². The van der Waals surface area contributed by atoms with Crippen LogP contribution >= 0.6 is 12.4 Å². The molecule has 2 aliphatic heterocycles. The Bertz CT molecular complexity index is 728. The Morgan fingerprint density at radius 2 is 2.12 bits per heavy atom. The number of para-hydroxylation sites is 1. The Labute approximate surface area is 161 Å². The first-order valence-corrected chi connectivity index (χ1v) is 9.04. The molecule has 2 aliphatic rings. The van der Waals surface area contributed by atoms with Gasteiger partial charge in [0.2, 0.25) is 0 Å². The molecule has 0 amide bonds. The number of rotatable bonds is 5. The van der Waals surface area contributed by atoms with Crippen LogP contribution in [0.4, 0.5) is 5.82 Å². The fourth-order valence-electron chi connectivity index (χ4n) is 3.86. The highest BCUT2D eigenvalue weighted by Gasteiger charge is 2.27. The first-order chi connectivity index (χ1) is 12.3. The average Bonchev–Trinajstić information content (AvgIpc) is 3.10. The molecule has 1 aromatic heterocycles. The van der Waals surface area contributed by atoms with Gasteiger partial charge in [-0.1, -0.05) is 18.2 Å². The average molecular weight is 376 g/mol. The van der Waals surface area contributed by atoms with Crippen LogP contribution in [0.3, 0.4) is 0 Å². The van der Waals surface area contributed by atoms with Gasteiger partial charge in [-0.25, -0.2) is 4.98 Å². The van der Waals surface area contributed by atoms with E-state index in [4.69, 9.17) is 9.47 Å². The Morgan fingerprint density at radius 3 is 3.00 bits per heavy atom. The molecule has 0 spiro atoms. The summed E-state index contributed by atoms with van der Waals surface area (Å²) >= 11 is 0. The molecular formula is C20H26ClN3O2. The van der Waals surface area contributed by atoms with Crippen molar-refractivity contribution in [1.82, 2.24) is 10.3 Å². The Morgan fingerprint density at radius 1 is 1.23 bits per heavy atom. The molecular weight excluding hydrogens is 350 g/mol. The zero-order valence-corrected chi connectivity index (χ0v) is 15.9. The van der Waals surface area contributed by atoms with Crippen LogP contribution in [0.1, 0.15) is 24.3 Å². The van der Waals surface area contributed by atoms with Crippen molar-refractivity contribution in [3.63, 3.8) is 0 Å². The van der Waals surface area contributed by atoms with Crippen LogP contribution in [0.25, 0.3) is 0 Å². The minimum Gasteiger partial charge on any atom is -0.493 e. The number of fused-ring (bicyclic) bond motifs is 1. The lowest BCUT2D eigenvalue weighted by atomic mass is 9.93. The number of halogens is 1. The second kappa shape index (κ2) is 8.60. The van der Waals surface area contributed by atoms with Crippen LogP contribution in [-0.4, -0.2) is 44.4 Å². The minimum atomic E-state index is 0.